The van der Waals surface area contributed by atoms with Crippen LogP contribution in [0.1, 0.15) is 29.6 Å². The van der Waals surface area contributed by atoms with Gasteiger partial charge in [-0.2, -0.15) is 0 Å². The maximum atomic E-state index is 11.8. The van der Waals surface area contributed by atoms with Gasteiger partial charge in [0.25, 0.3) is 5.91 Å². The second kappa shape index (κ2) is 7.63. The Morgan fingerprint density at radius 1 is 1.04 bits per heavy atom. The van der Waals surface area contributed by atoms with Gasteiger partial charge in [-0.05, 0) is 49.7 Å². The molecule has 1 amide bonds. The summed E-state index contributed by atoms with van der Waals surface area (Å²) in [7, 11) is -3.25. The molecule has 0 spiro atoms. The number of amides is 1. The van der Waals surface area contributed by atoms with Crippen molar-refractivity contribution in [3.63, 3.8) is 0 Å². The third-order valence-electron chi connectivity index (χ3n) is 4.89. The normalized spacial score (nSPS) is 15.9. The highest BCUT2D eigenvalue weighted by atomic mass is 32.2. The molecule has 0 atom stereocenters. The minimum atomic E-state index is -3.25. The van der Waals surface area contributed by atoms with Crippen molar-refractivity contribution >= 4 is 15.7 Å². The fourth-order valence-corrected chi connectivity index (χ4v) is 4.10. The Hall–Kier alpha value is -2.12. The summed E-state index contributed by atoms with van der Waals surface area (Å²) in [4.78, 5) is 14.5. The second-order valence-electron chi connectivity index (χ2n) is 6.83. The van der Waals surface area contributed by atoms with Crippen molar-refractivity contribution in [2.45, 2.75) is 30.7 Å². The molecule has 0 aliphatic carbocycles. The van der Waals surface area contributed by atoms with Crippen molar-refractivity contribution in [1.82, 2.24) is 9.47 Å². The molecule has 2 aromatic rings. The molecule has 0 bridgehead atoms. The number of hydrogen-bond acceptors (Lipinski definition) is 4. The summed E-state index contributed by atoms with van der Waals surface area (Å²) < 4.78 is 25.4. The van der Waals surface area contributed by atoms with Gasteiger partial charge < -0.3 is 15.2 Å². The third-order valence-corrected chi connectivity index (χ3v) is 6.02. The van der Waals surface area contributed by atoms with Crippen LogP contribution in [-0.4, -0.2) is 49.7 Å². The van der Waals surface area contributed by atoms with Crippen molar-refractivity contribution in [3.8, 4) is 11.3 Å². The summed E-state index contributed by atoms with van der Waals surface area (Å²) >= 11 is 0. The maximum Gasteiger partial charge on any atom is 0.250 e. The molecule has 6 nitrogen and oxygen atoms in total. The Morgan fingerprint density at radius 2 is 1.69 bits per heavy atom. The lowest BCUT2D eigenvalue weighted by Crippen LogP contribution is -2.32. The molecule has 7 heteroatoms. The van der Waals surface area contributed by atoms with E-state index in [2.05, 4.69) is 4.90 Å². The Bertz CT molecular complexity index is 879. The van der Waals surface area contributed by atoms with E-state index in [4.69, 9.17) is 5.73 Å². The van der Waals surface area contributed by atoms with Crippen LogP contribution in [0, 0.1) is 0 Å². The van der Waals surface area contributed by atoms with Gasteiger partial charge in [-0.15, -0.1) is 0 Å². The number of nitrogens with zero attached hydrogens (tertiary/aromatic N) is 2. The molecule has 3 rings (SSSR count). The predicted molar refractivity (Wildman–Crippen MR) is 102 cm³/mol. The van der Waals surface area contributed by atoms with Crippen molar-refractivity contribution < 1.29 is 13.2 Å². The number of likely N-dealkylation sites (tertiary alicyclic amines) is 1. The number of rotatable bonds is 6. The van der Waals surface area contributed by atoms with Gasteiger partial charge in [-0.1, -0.05) is 18.6 Å². The molecule has 2 heterocycles. The predicted octanol–water partition coefficient (Wildman–Crippen LogP) is 2.14. The number of benzene rings is 1. The fourth-order valence-electron chi connectivity index (χ4n) is 3.47. The highest BCUT2D eigenvalue weighted by molar-refractivity contribution is 7.90. The average molecular weight is 375 g/mol. The van der Waals surface area contributed by atoms with Crippen LogP contribution < -0.4 is 5.73 Å². The number of nitrogens with two attached hydrogens (primary N) is 1. The van der Waals surface area contributed by atoms with Gasteiger partial charge in [0.15, 0.2) is 9.84 Å². The lowest BCUT2D eigenvalue weighted by Gasteiger charge is -2.26. The molecule has 1 aromatic heterocycles. The van der Waals surface area contributed by atoms with E-state index in [1.54, 1.807) is 30.3 Å². The molecule has 1 aliphatic rings. The molecule has 0 radical (unpaired) electrons. The fraction of sp³-hybridized carbons (Fsp3) is 0.421. The van der Waals surface area contributed by atoms with E-state index in [1.165, 1.54) is 25.5 Å². The zero-order chi connectivity index (χ0) is 18.7. The monoisotopic (exact) mass is 375 g/mol. The number of carbonyl (C=O) groups excluding carboxylic acids is 1. The first-order chi connectivity index (χ1) is 12.4. The SMILES string of the molecule is CS(=O)(=O)c1ccc(-c2c(C(N)=O)ccn2CCN2CCCCC2)cc1. The lowest BCUT2D eigenvalue weighted by atomic mass is 10.1. The number of aromatic nitrogens is 1. The van der Waals surface area contributed by atoms with Gasteiger partial charge in [0.1, 0.15) is 0 Å². The van der Waals surface area contributed by atoms with E-state index >= 15 is 0 Å². The molecule has 1 aliphatic heterocycles. The summed E-state index contributed by atoms with van der Waals surface area (Å²) in [6.45, 7) is 3.91. The second-order valence-corrected chi connectivity index (χ2v) is 8.85. The average Bonchev–Trinajstić information content (AvgIpc) is 3.04. The maximum absolute atomic E-state index is 11.8. The van der Waals surface area contributed by atoms with Gasteiger partial charge in [-0.25, -0.2) is 8.42 Å². The van der Waals surface area contributed by atoms with E-state index in [9.17, 15) is 13.2 Å². The van der Waals surface area contributed by atoms with E-state index in [0.717, 1.165) is 37.4 Å². The summed E-state index contributed by atoms with van der Waals surface area (Å²) in [6.07, 6.45) is 6.82. The molecule has 140 valence electrons. The Labute approximate surface area is 154 Å². The van der Waals surface area contributed by atoms with E-state index in [1.807, 2.05) is 10.8 Å². The molecular formula is C19H25N3O3S. The first kappa shape index (κ1) is 18.7. The van der Waals surface area contributed by atoms with Gasteiger partial charge >= 0.3 is 0 Å². The van der Waals surface area contributed by atoms with Crippen molar-refractivity contribution in [2.24, 2.45) is 5.73 Å². The minimum absolute atomic E-state index is 0.258. The van der Waals surface area contributed by atoms with Crippen molar-refractivity contribution in [1.29, 1.82) is 0 Å². The van der Waals surface area contributed by atoms with E-state index in [0.29, 0.717) is 5.56 Å². The zero-order valence-electron chi connectivity index (χ0n) is 15.0. The Balaban J connectivity index is 1.88. The number of sulfone groups is 1. The van der Waals surface area contributed by atoms with Crippen LogP contribution in [0.25, 0.3) is 11.3 Å². The molecule has 1 fully saturated rings. The quantitative estimate of drug-likeness (QED) is 0.838. The van der Waals surface area contributed by atoms with Crippen molar-refractivity contribution in [3.05, 3.63) is 42.1 Å². The molecule has 2 N–H and O–H groups in total. The van der Waals surface area contributed by atoms with Crippen LogP contribution in [0.2, 0.25) is 0 Å². The van der Waals surface area contributed by atoms with Gasteiger partial charge in [-0.3, -0.25) is 4.79 Å². The number of carbonyl (C=O) groups is 1. The Kier molecular flexibility index (Phi) is 5.48. The van der Waals surface area contributed by atoms with Crippen LogP contribution in [0.4, 0.5) is 0 Å². The van der Waals surface area contributed by atoms with E-state index in [-0.39, 0.29) is 4.90 Å². The van der Waals surface area contributed by atoms with Gasteiger partial charge in [0.2, 0.25) is 0 Å². The zero-order valence-corrected chi connectivity index (χ0v) is 15.8. The summed E-state index contributed by atoms with van der Waals surface area (Å²) in [6, 6.07) is 8.33. The summed E-state index contributed by atoms with van der Waals surface area (Å²) in [5.41, 5.74) is 7.53. The number of piperidine rings is 1. The number of primary amides is 1. The molecule has 26 heavy (non-hydrogen) atoms. The van der Waals surface area contributed by atoms with Gasteiger partial charge in [0.05, 0.1) is 16.2 Å². The summed E-state index contributed by atoms with van der Waals surface area (Å²) in [5.74, 6) is -0.482. The lowest BCUT2D eigenvalue weighted by molar-refractivity contribution is 0.100. The highest BCUT2D eigenvalue weighted by Gasteiger charge is 2.17. The van der Waals surface area contributed by atoms with Crippen LogP contribution in [0.15, 0.2) is 41.4 Å². The highest BCUT2D eigenvalue weighted by Crippen LogP contribution is 2.26. The Morgan fingerprint density at radius 3 is 2.27 bits per heavy atom. The third kappa shape index (κ3) is 4.16. The number of hydrogen-bond donors (Lipinski definition) is 1. The van der Waals surface area contributed by atoms with Crippen LogP contribution >= 0.6 is 0 Å². The molecule has 0 saturated carbocycles. The molecule has 1 aromatic carbocycles. The van der Waals surface area contributed by atoms with Crippen LogP contribution in [0.3, 0.4) is 0 Å². The van der Waals surface area contributed by atoms with Crippen molar-refractivity contribution in [2.75, 3.05) is 25.9 Å². The molecule has 0 unspecified atom stereocenters. The topological polar surface area (TPSA) is 85.4 Å². The summed E-state index contributed by atoms with van der Waals surface area (Å²) in [5, 5.41) is 0. The standard InChI is InChI=1S/C19H25N3O3S/c1-26(24,25)16-7-5-15(6-8-16)18-17(19(20)23)9-12-22(18)14-13-21-10-3-2-4-11-21/h5-9,12H,2-4,10-11,13-14H2,1H3,(H2,20,23). The van der Waals surface area contributed by atoms with Gasteiger partial charge in [0, 0.05) is 25.5 Å². The largest absolute Gasteiger partial charge is 0.366 e. The molecular weight excluding hydrogens is 350 g/mol. The van der Waals surface area contributed by atoms with Crippen LogP contribution in [-0.2, 0) is 16.4 Å². The first-order valence-electron chi connectivity index (χ1n) is 8.88. The smallest absolute Gasteiger partial charge is 0.250 e. The first-order valence-corrected chi connectivity index (χ1v) is 10.8. The van der Waals surface area contributed by atoms with Crippen LogP contribution in [0.5, 0.6) is 0 Å². The molecule has 1 saturated heterocycles. The minimum Gasteiger partial charge on any atom is -0.366 e. The van der Waals surface area contributed by atoms with E-state index < -0.39 is 15.7 Å².